The summed E-state index contributed by atoms with van der Waals surface area (Å²) < 4.78 is 0. The SMILES string of the molecule is CCCN(CCO)C(=O)NC[C@H]1C[C@]12CCc1ccccc12. The second-order valence-electron chi connectivity index (χ2n) is 6.61. The van der Waals surface area contributed by atoms with Crippen molar-refractivity contribution in [3.05, 3.63) is 35.4 Å². The summed E-state index contributed by atoms with van der Waals surface area (Å²) in [5.41, 5.74) is 3.33. The first kappa shape index (κ1) is 15.3. The number of amides is 2. The smallest absolute Gasteiger partial charge is 0.317 e. The van der Waals surface area contributed by atoms with Gasteiger partial charge >= 0.3 is 6.03 Å². The van der Waals surface area contributed by atoms with Crippen LogP contribution in [0.2, 0.25) is 0 Å². The number of carbonyl (C=O) groups is 1. The van der Waals surface area contributed by atoms with Crippen LogP contribution in [0, 0.1) is 5.92 Å². The molecule has 4 heteroatoms. The third kappa shape index (κ3) is 2.72. The first-order chi connectivity index (χ1) is 10.7. The number of rotatable bonds is 6. The van der Waals surface area contributed by atoms with Crippen molar-refractivity contribution in [2.75, 3.05) is 26.2 Å². The summed E-state index contributed by atoms with van der Waals surface area (Å²) in [7, 11) is 0. The summed E-state index contributed by atoms with van der Waals surface area (Å²) in [4.78, 5) is 13.9. The number of hydrogen-bond acceptors (Lipinski definition) is 2. The maximum Gasteiger partial charge on any atom is 0.317 e. The largest absolute Gasteiger partial charge is 0.395 e. The molecule has 2 atom stereocenters. The Morgan fingerprint density at radius 2 is 2.23 bits per heavy atom. The number of fused-ring (bicyclic) bond motifs is 2. The lowest BCUT2D eigenvalue weighted by Gasteiger charge is -2.22. The summed E-state index contributed by atoms with van der Waals surface area (Å²) in [6.45, 7) is 3.93. The molecule has 1 saturated carbocycles. The highest BCUT2D eigenvalue weighted by atomic mass is 16.3. The van der Waals surface area contributed by atoms with Gasteiger partial charge in [-0.3, -0.25) is 0 Å². The quantitative estimate of drug-likeness (QED) is 0.847. The van der Waals surface area contributed by atoms with Crippen LogP contribution in [-0.4, -0.2) is 42.3 Å². The Labute approximate surface area is 132 Å². The van der Waals surface area contributed by atoms with Crippen LogP contribution in [0.3, 0.4) is 0 Å². The first-order valence-corrected chi connectivity index (χ1v) is 8.43. The molecule has 22 heavy (non-hydrogen) atoms. The summed E-state index contributed by atoms with van der Waals surface area (Å²) in [5, 5.41) is 12.1. The van der Waals surface area contributed by atoms with Crippen LogP contribution >= 0.6 is 0 Å². The summed E-state index contributed by atoms with van der Waals surface area (Å²) in [6.07, 6.45) is 4.50. The van der Waals surface area contributed by atoms with Crippen molar-refractivity contribution < 1.29 is 9.90 Å². The second-order valence-corrected chi connectivity index (χ2v) is 6.61. The molecule has 0 radical (unpaired) electrons. The number of benzene rings is 1. The third-order valence-electron chi connectivity index (χ3n) is 5.28. The fourth-order valence-electron chi connectivity index (χ4n) is 4.03. The highest BCUT2D eigenvalue weighted by Crippen LogP contribution is 2.61. The zero-order chi connectivity index (χ0) is 15.6. The summed E-state index contributed by atoms with van der Waals surface area (Å²) in [6, 6.07) is 8.71. The topological polar surface area (TPSA) is 52.6 Å². The molecule has 0 heterocycles. The summed E-state index contributed by atoms with van der Waals surface area (Å²) >= 11 is 0. The van der Waals surface area contributed by atoms with Gasteiger partial charge in [-0.25, -0.2) is 4.79 Å². The van der Waals surface area contributed by atoms with E-state index in [-0.39, 0.29) is 12.6 Å². The molecule has 1 aromatic carbocycles. The molecule has 1 aromatic rings. The van der Waals surface area contributed by atoms with E-state index in [9.17, 15) is 4.79 Å². The molecule has 2 aliphatic rings. The average Bonchev–Trinajstić information content (AvgIpc) is 3.12. The molecule has 2 N–H and O–H groups in total. The van der Waals surface area contributed by atoms with Gasteiger partial charge in [-0.2, -0.15) is 0 Å². The molecule has 2 amide bonds. The van der Waals surface area contributed by atoms with Gasteiger partial charge in [-0.15, -0.1) is 0 Å². The van der Waals surface area contributed by atoms with Gasteiger partial charge in [0.25, 0.3) is 0 Å². The first-order valence-electron chi connectivity index (χ1n) is 8.43. The van der Waals surface area contributed by atoms with Gasteiger partial charge in [0.1, 0.15) is 0 Å². The van der Waals surface area contributed by atoms with E-state index in [1.54, 1.807) is 4.90 Å². The molecule has 0 unspecified atom stereocenters. The maximum absolute atomic E-state index is 12.2. The number of nitrogens with zero attached hydrogens (tertiary/aromatic N) is 1. The highest BCUT2D eigenvalue weighted by molar-refractivity contribution is 5.74. The lowest BCUT2D eigenvalue weighted by atomic mass is 9.95. The molecule has 1 fully saturated rings. The highest BCUT2D eigenvalue weighted by Gasteiger charge is 2.57. The number of aliphatic hydroxyl groups excluding tert-OH is 1. The van der Waals surface area contributed by atoms with Gasteiger partial charge < -0.3 is 15.3 Å². The van der Waals surface area contributed by atoms with E-state index in [4.69, 9.17) is 5.11 Å². The Hall–Kier alpha value is -1.55. The Balaban J connectivity index is 1.55. The van der Waals surface area contributed by atoms with Gasteiger partial charge in [0.2, 0.25) is 0 Å². The van der Waals surface area contributed by atoms with Crippen molar-refractivity contribution in [2.45, 2.75) is 38.0 Å². The van der Waals surface area contributed by atoms with Crippen molar-refractivity contribution in [2.24, 2.45) is 5.92 Å². The lowest BCUT2D eigenvalue weighted by Crippen LogP contribution is -2.43. The minimum absolute atomic E-state index is 0.0220. The normalized spacial score (nSPS) is 25.1. The fraction of sp³-hybridized carbons (Fsp3) is 0.611. The van der Waals surface area contributed by atoms with Crippen LogP contribution in [-0.2, 0) is 11.8 Å². The zero-order valence-electron chi connectivity index (χ0n) is 13.3. The molecule has 120 valence electrons. The van der Waals surface area contributed by atoms with Crippen LogP contribution in [0.4, 0.5) is 4.79 Å². The number of hydrogen-bond donors (Lipinski definition) is 2. The molecule has 0 saturated heterocycles. The number of urea groups is 1. The average molecular weight is 302 g/mol. The van der Waals surface area contributed by atoms with Crippen molar-refractivity contribution in [1.82, 2.24) is 10.2 Å². The fourth-order valence-corrected chi connectivity index (χ4v) is 4.03. The second kappa shape index (κ2) is 6.29. The van der Waals surface area contributed by atoms with Crippen LogP contribution in [0.5, 0.6) is 0 Å². The van der Waals surface area contributed by atoms with Gasteiger partial charge in [-0.1, -0.05) is 31.2 Å². The number of nitrogens with one attached hydrogen (secondary N) is 1. The number of carbonyl (C=O) groups excluding carboxylic acids is 1. The van der Waals surface area contributed by atoms with E-state index in [1.807, 2.05) is 6.92 Å². The van der Waals surface area contributed by atoms with Gasteiger partial charge in [0.15, 0.2) is 0 Å². The van der Waals surface area contributed by atoms with Crippen molar-refractivity contribution >= 4 is 6.03 Å². The zero-order valence-corrected chi connectivity index (χ0v) is 13.3. The van der Waals surface area contributed by atoms with Crippen LogP contribution in [0.25, 0.3) is 0 Å². The number of aryl methyl sites for hydroxylation is 1. The van der Waals surface area contributed by atoms with Gasteiger partial charge in [0, 0.05) is 25.0 Å². The van der Waals surface area contributed by atoms with E-state index in [1.165, 1.54) is 30.4 Å². The summed E-state index contributed by atoms with van der Waals surface area (Å²) in [5.74, 6) is 0.567. The van der Waals surface area contributed by atoms with E-state index < -0.39 is 0 Å². The predicted molar refractivity (Wildman–Crippen MR) is 86.9 cm³/mol. The Morgan fingerprint density at radius 3 is 3.00 bits per heavy atom. The minimum Gasteiger partial charge on any atom is -0.395 e. The van der Waals surface area contributed by atoms with Crippen molar-refractivity contribution in [3.63, 3.8) is 0 Å². The van der Waals surface area contributed by atoms with Crippen LogP contribution in [0.15, 0.2) is 24.3 Å². The third-order valence-corrected chi connectivity index (χ3v) is 5.28. The number of aliphatic hydroxyl groups is 1. The molecule has 1 spiro atoms. The minimum atomic E-state index is -0.0377. The molecule has 4 nitrogen and oxygen atoms in total. The van der Waals surface area contributed by atoms with E-state index in [0.29, 0.717) is 24.4 Å². The molecule has 0 bridgehead atoms. The molecule has 2 aliphatic carbocycles. The monoisotopic (exact) mass is 302 g/mol. The van der Waals surface area contributed by atoms with Crippen LogP contribution < -0.4 is 5.32 Å². The molecule has 3 rings (SSSR count). The molecule has 0 aromatic heterocycles. The Kier molecular flexibility index (Phi) is 4.39. The van der Waals surface area contributed by atoms with Crippen molar-refractivity contribution in [3.8, 4) is 0 Å². The molecular formula is C18H26N2O2. The standard InChI is InChI=1S/C18H26N2O2/c1-2-9-20(10-11-21)17(22)19-13-15-12-18(15)8-7-14-5-3-4-6-16(14)18/h3-6,15,21H,2,7-13H2,1H3,(H,19,22)/t15-,18-/m1/s1. The van der Waals surface area contributed by atoms with Gasteiger partial charge in [0.05, 0.1) is 6.61 Å². The van der Waals surface area contributed by atoms with Crippen molar-refractivity contribution in [1.29, 1.82) is 0 Å². The Bertz CT molecular complexity index is 540. The molecule has 0 aliphatic heterocycles. The lowest BCUT2D eigenvalue weighted by molar-refractivity contribution is 0.176. The van der Waals surface area contributed by atoms with Crippen LogP contribution in [0.1, 0.15) is 37.3 Å². The van der Waals surface area contributed by atoms with Gasteiger partial charge in [-0.05, 0) is 42.7 Å². The van der Waals surface area contributed by atoms with E-state index >= 15 is 0 Å². The van der Waals surface area contributed by atoms with E-state index in [2.05, 4.69) is 29.6 Å². The van der Waals surface area contributed by atoms with E-state index in [0.717, 1.165) is 13.0 Å². The Morgan fingerprint density at radius 1 is 1.41 bits per heavy atom. The molecular weight excluding hydrogens is 276 g/mol. The predicted octanol–water partition coefficient (Wildman–Crippen LogP) is 2.30. The maximum atomic E-state index is 12.2.